The van der Waals surface area contributed by atoms with Gasteiger partial charge in [0.15, 0.2) is 5.78 Å². The van der Waals surface area contributed by atoms with Crippen LogP contribution in [0.2, 0.25) is 0 Å². The SMILES string of the molecule is Cc1ccccc1CNC1CCC(Nc2ncc3cc4n(c3n2)CCCC4=O)CC1. The number of ketones is 1. The molecule has 0 atom stereocenters. The Hall–Kier alpha value is -2.73. The van der Waals surface area contributed by atoms with Crippen LogP contribution >= 0.6 is 0 Å². The van der Waals surface area contributed by atoms with E-state index in [1.807, 2.05) is 12.3 Å². The molecule has 0 amide bonds. The van der Waals surface area contributed by atoms with Gasteiger partial charge >= 0.3 is 0 Å². The lowest BCUT2D eigenvalue weighted by molar-refractivity contribution is 0.0956. The van der Waals surface area contributed by atoms with Crippen molar-refractivity contribution in [3.63, 3.8) is 0 Å². The van der Waals surface area contributed by atoms with E-state index < -0.39 is 0 Å². The van der Waals surface area contributed by atoms with Crippen molar-refractivity contribution in [2.24, 2.45) is 0 Å². The average molecular weight is 404 g/mol. The molecule has 3 aromatic rings. The van der Waals surface area contributed by atoms with Gasteiger partial charge in [-0.25, -0.2) is 4.98 Å². The molecule has 30 heavy (non-hydrogen) atoms. The fourth-order valence-corrected chi connectivity index (χ4v) is 4.78. The van der Waals surface area contributed by atoms with E-state index in [2.05, 4.69) is 51.4 Å². The van der Waals surface area contributed by atoms with Crippen LogP contribution in [0, 0.1) is 6.92 Å². The zero-order chi connectivity index (χ0) is 20.5. The van der Waals surface area contributed by atoms with E-state index in [4.69, 9.17) is 4.98 Å². The fraction of sp³-hybridized carbons (Fsp3) is 0.458. The van der Waals surface area contributed by atoms with Crippen LogP contribution in [0.1, 0.15) is 60.1 Å². The molecule has 0 bridgehead atoms. The molecule has 1 aliphatic heterocycles. The van der Waals surface area contributed by atoms with Crippen LogP contribution in [-0.2, 0) is 13.1 Å². The highest BCUT2D eigenvalue weighted by molar-refractivity contribution is 6.00. The molecule has 0 spiro atoms. The van der Waals surface area contributed by atoms with Crippen molar-refractivity contribution in [1.29, 1.82) is 0 Å². The van der Waals surface area contributed by atoms with Crippen LogP contribution in [0.3, 0.4) is 0 Å². The zero-order valence-electron chi connectivity index (χ0n) is 17.5. The molecule has 5 rings (SSSR count). The van der Waals surface area contributed by atoms with E-state index in [-0.39, 0.29) is 5.78 Å². The van der Waals surface area contributed by atoms with E-state index in [0.717, 1.165) is 61.9 Å². The largest absolute Gasteiger partial charge is 0.351 e. The molecule has 1 fully saturated rings. The van der Waals surface area contributed by atoms with Gasteiger partial charge in [-0.15, -0.1) is 0 Å². The van der Waals surface area contributed by atoms with E-state index in [1.54, 1.807) is 0 Å². The summed E-state index contributed by atoms with van der Waals surface area (Å²) in [5.41, 5.74) is 4.39. The summed E-state index contributed by atoms with van der Waals surface area (Å²) in [6.07, 6.45) is 7.90. The number of rotatable bonds is 5. The third-order valence-corrected chi connectivity index (χ3v) is 6.61. The number of Topliss-reactive ketones (excluding diaryl/α,β-unsaturated/α-hetero) is 1. The Morgan fingerprint density at radius 3 is 2.77 bits per heavy atom. The van der Waals surface area contributed by atoms with E-state index >= 15 is 0 Å². The summed E-state index contributed by atoms with van der Waals surface area (Å²) in [5, 5.41) is 8.22. The number of nitrogens with one attached hydrogen (secondary N) is 2. The number of hydrogen-bond donors (Lipinski definition) is 2. The highest BCUT2D eigenvalue weighted by Crippen LogP contribution is 2.26. The molecule has 2 aromatic heterocycles. The van der Waals surface area contributed by atoms with Crippen molar-refractivity contribution in [2.45, 2.75) is 70.6 Å². The normalized spacial score (nSPS) is 21.6. The monoisotopic (exact) mass is 403 g/mol. The minimum atomic E-state index is 0.213. The lowest BCUT2D eigenvalue weighted by Crippen LogP contribution is -2.37. The van der Waals surface area contributed by atoms with Crippen molar-refractivity contribution in [2.75, 3.05) is 5.32 Å². The molecule has 0 saturated heterocycles. The Labute approximate surface area is 177 Å². The van der Waals surface area contributed by atoms with Crippen molar-refractivity contribution in [3.8, 4) is 0 Å². The molecular formula is C24H29N5O. The smallest absolute Gasteiger partial charge is 0.224 e. The Morgan fingerprint density at radius 1 is 1.13 bits per heavy atom. The molecule has 156 valence electrons. The zero-order valence-corrected chi connectivity index (χ0v) is 17.5. The van der Waals surface area contributed by atoms with Crippen molar-refractivity contribution < 1.29 is 4.79 Å². The molecule has 1 aliphatic carbocycles. The number of carbonyl (C=O) groups is 1. The van der Waals surface area contributed by atoms with Crippen LogP contribution in [0.25, 0.3) is 11.0 Å². The highest BCUT2D eigenvalue weighted by Gasteiger charge is 2.23. The van der Waals surface area contributed by atoms with Gasteiger partial charge < -0.3 is 15.2 Å². The van der Waals surface area contributed by atoms with Gasteiger partial charge in [0, 0.05) is 43.2 Å². The maximum atomic E-state index is 12.2. The number of aryl methyl sites for hydroxylation is 2. The van der Waals surface area contributed by atoms with Crippen molar-refractivity contribution in [1.82, 2.24) is 19.9 Å². The van der Waals surface area contributed by atoms with Gasteiger partial charge in [0.2, 0.25) is 5.95 Å². The first-order chi connectivity index (χ1) is 14.7. The Morgan fingerprint density at radius 2 is 1.93 bits per heavy atom. The minimum absolute atomic E-state index is 0.213. The Bertz CT molecular complexity index is 1060. The van der Waals surface area contributed by atoms with Crippen LogP contribution in [0.4, 0.5) is 5.95 Å². The lowest BCUT2D eigenvalue weighted by Gasteiger charge is -2.30. The van der Waals surface area contributed by atoms with Gasteiger partial charge in [0.1, 0.15) is 5.65 Å². The second kappa shape index (κ2) is 8.19. The molecule has 6 nitrogen and oxygen atoms in total. The standard InChI is InChI=1S/C24H29N5O/c1-16-5-2-3-6-17(16)14-25-19-8-10-20(11-9-19)27-24-26-15-18-13-21-22(30)7-4-12-29(21)23(18)28-24/h2-3,5-6,13,15,19-20,25H,4,7-12,14H2,1H3,(H,26,27,28). The third-order valence-electron chi connectivity index (χ3n) is 6.61. The summed E-state index contributed by atoms with van der Waals surface area (Å²) in [7, 11) is 0. The van der Waals surface area contributed by atoms with Gasteiger partial charge in [-0.2, -0.15) is 4.98 Å². The molecule has 0 radical (unpaired) electrons. The topological polar surface area (TPSA) is 71.8 Å². The second-order valence-electron chi connectivity index (χ2n) is 8.68. The van der Waals surface area contributed by atoms with E-state index in [1.165, 1.54) is 11.1 Å². The first kappa shape index (κ1) is 19.2. The maximum Gasteiger partial charge on any atom is 0.224 e. The fourth-order valence-electron chi connectivity index (χ4n) is 4.78. The number of fused-ring (bicyclic) bond motifs is 3. The molecule has 2 aliphatic rings. The number of benzene rings is 1. The molecule has 3 heterocycles. The summed E-state index contributed by atoms with van der Waals surface area (Å²) < 4.78 is 2.06. The van der Waals surface area contributed by atoms with Crippen molar-refractivity contribution in [3.05, 3.63) is 53.3 Å². The molecule has 1 aromatic carbocycles. The molecule has 1 saturated carbocycles. The number of nitrogens with zero attached hydrogens (tertiary/aromatic N) is 3. The number of hydrogen-bond acceptors (Lipinski definition) is 5. The van der Waals surface area contributed by atoms with Gasteiger partial charge in [-0.05, 0) is 56.2 Å². The Kier molecular flexibility index (Phi) is 5.25. The Balaban J connectivity index is 1.19. The predicted molar refractivity (Wildman–Crippen MR) is 119 cm³/mol. The number of aromatic nitrogens is 3. The van der Waals surface area contributed by atoms with Crippen LogP contribution in [-0.4, -0.2) is 32.4 Å². The first-order valence-electron chi connectivity index (χ1n) is 11.1. The van der Waals surface area contributed by atoms with Crippen LogP contribution < -0.4 is 10.6 Å². The van der Waals surface area contributed by atoms with Gasteiger partial charge in [-0.3, -0.25) is 4.79 Å². The van der Waals surface area contributed by atoms with Gasteiger partial charge in [-0.1, -0.05) is 24.3 Å². The van der Waals surface area contributed by atoms with Gasteiger partial charge in [0.05, 0.1) is 5.69 Å². The maximum absolute atomic E-state index is 12.2. The minimum Gasteiger partial charge on any atom is -0.351 e. The average Bonchev–Trinajstić information content (AvgIpc) is 3.14. The van der Waals surface area contributed by atoms with E-state index in [0.29, 0.717) is 24.5 Å². The second-order valence-corrected chi connectivity index (χ2v) is 8.68. The summed E-state index contributed by atoms with van der Waals surface area (Å²) in [4.78, 5) is 21.4. The van der Waals surface area contributed by atoms with Crippen molar-refractivity contribution >= 4 is 22.8 Å². The lowest BCUT2D eigenvalue weighted by atomic mass is 9.91. The predicted octanol–water partition coefficient (Wildman–Crippen LogP) is 4.23. The molecule has 6 heteroatoms. The molecular weight excluding hydrogens is 374 g/mol. The molecule has 0 unspecified atom stereocenters. The number of carbonyl (C=O) groups excluding carboxylic acids is 1. The van der Waals surface area contributed by atoms with E-state index in [9.17, 15) is 4.79 Å². The highest BCUT2D eigenvalue weighted by atomic mass is 16.1. The van der Waals surface area contributed by atoms with Gasteiger partial charge in [0.25, 0.3) is 0 Å². The third kappa shape index (κ3) is 3.84. The quantitative estimate of drug-likeness (QED) is 0.667. The first-order valence-corrected chi connectivity index (χ1v) is 11.1. The summed E-state index contributed by atoms with van der Waals surface area (Å²) in [6, 6.07) is 11.5. The van der Waals surface area contributed by atoms with Crippen LogP contribution in [0.15, 0.2) is 36.5 Å². The molecule has 2 N–H and O–H groups in total. The number of anilines is 1. The summed E-state index contributed by atoms with van der Waals surface area (Å²) >= 11 is 0. The van der Waals surface area contributed by atoms with Crippen LogP contribution in [0.5, 0.6) is 0 Å². The summed E-state index contributed by atoms with van der Waals surface area (Å²) in [6.45, 7) is 3.97. The summed E-state index contributed by atoms with van der Waals surface area (Å²) in [5.74, 6) is 0.892.